The van der Waals surface area contributed by atoms with Crippen LogP contribution in [0.4, 0.5) is 0 Å². The Hall–Kier alpha value is -2.29. The Morgan fingerprint density at radius 1 is 1.19 bits per heavy atom. The number of carbonyl (C=O) groups excluding carboxylic acids is 1. The fraction of sp³-hybridized carbons (Fsp3) is 0.278. The van der Waals surface area contributed by atoms with Gasteiger partial charge in [-0.1, -0.05) is 12.1 Å². The van der Waals surface area contributed by atoms with Crippen molar-refractivity contribution < 1.29 is 14.3 Å². The van der Waals surface area contributed by atoms with Crippen molar-refractivity contribution in [2.24, 2.45) is 0 Å². The van der Waals surface area contributed by atoms with Crippen molar-refractivity contribution >= 4 is 5.78 Å². The topological polar surface area (TPSA) is 35.5 Å². The highest BCUT2D eigenvalue weighted by Crippen LogP contribution is 2.26. The number of rotatable bonds is 5. The van der Waals surface area contributed by atoms with Crippen molar-refractivity contribution in [2.75, 3.05) is 13.2 Å². The second-order valence-electron chi connectivity index (χ2n) is 5.22. The summed E-state index contributed by atoms with van der Waals surface area (Å²) >= 11 is 0. The summed E-state index contributed by atoms with van der Waals surface area (Å²) in [4.78, 5) is 11.2. The molecule has 1 aliphatic heterocycles. The van der Waals surface area contributed by atoms with Gasteiger partial charge in [0.05, 0.1) is 13.2 Å². The van der Waals surface area contributed by atoms with Gasteiger partial charge in [0.25, 0.3) is 0 Å². The standard InChI is InChI=1S/C18H18O3/c1-13(19)15-3-5-17(6-4-15)20-10-8-14-2-7-18-16(12-14)9-11-21-18/h2-7,12H,8-11H2,1H3. The van der Waals surface area contributed by atoms with Crippen LogP contribution in [-0.2, 0) is 12.8 Å². The minimum atomic E-state index is 0.0712. The van der Waals surface area contributed by atoms with Gasteiger partial charge >= 0.3 is 0 Å². The first-order valence-electron chi connectivity index (χ1n) is 7.21. The SMILES string of the molecule is CC(=O)c1ccc(OCCc2ccc3c(c2)CCO3)cc1. The molecule has 2 aromatic rings. The molecule has 0 bridgehead atoms. The molecule has 108 valence electrons. The first kappa shape index (κ1) is 13.7. The van der Waals surface area contributed by atoms with Crippen molar-refractivity contribution in [1.29, 1.82) is 0 Å². The third-order valence-electron chi connectivity index (χ3n) is 3.67. The predicted molar refractivity (Wildman–Crippen MR) is 81.3 cm³/mol. The quantitative estimate of drug-likeness (QED) is 0.788. The summed E-state index contributed by atoms with van der Waals surface area (Å²) in [6.45, 7) is 2.98. The van der Waals surface area contributed by atoms with Gasteiger partial charge in [-0.15, -0.1) is 0 Å². The van der Waals surface area contributed by atoms with E-state index >= 15 is 0 Å². The number of fused-ring (bicyclic) bond motifs is 1. The highest BCUT2D eigenvalue weighted by atomic mass is 16.5. The maximum absolute atomic E-state index is 11.2. The van der Waals surface area contributed by atoms with Gasteiger partial charge in [-0.2, -0.15) is 0 Å². The van der Waals surface area contributed by atoms with E-state index in [4.69, 9.17) is 9.47 Å². The van der Waals surface area contributed by atoms with E-state index in [9.17, 15) is 4.79 Å². The van der Waals surface area contributed by atoms with Gasteiger partial charge in [0.1, 0.15) is 11.5 Å². The van der Waals surface area contributed by atoms with E-state index in [2.05, 4.69) is 12.1 Å². The van der Waals surface area contributed by atoms with Gasteiger partial charge in [-0.25, -0.2) is 0 Å². The summed E-state index contributed by atoms with van der Waals surface area (Å²) in [5.74, 6) is 1.88. The van der Waals surface area contributed by atoms with Crippen LogP contribution in [0.25, 0.3) is 0 Å². The lowest BCUT2D eigenvalue weighted by Gasteiger charge is -2.08. The summed E-state index contributed by atoms with van der Waals surface area (Å²) in [6, 6.07) is 13.6. The van der Waals surface area contributed by atoms with Crippen molar-refractivity contribution in [3.63, 3.8) is 0 Å². The zero-order valence-electron chi connectivity index (χ0n) is 12.1. The van der Waals surface area contributed by atoms with Gasteiger partial charge in [-0.05, 0) is 48.4 Å². The highest BCUT2D eigenvalue weighted by molar-refractivity contribution is 5.94. The molecule has 0 N–H and O–H groups in total. The lowest BCUT2D eigenvalue weighted by molar-refractivity contribution is 0.101. The minimum absolute atomic E-state index is 0.0712. The lowest BCUT2D eigenvalue weighted by Crippen LogP contribution is -2.02. The smallest absolute Gasteiger partial charge is 0.159 e. The molecule has 0 radical (unpaired) electrons. The summed E-state index contributed by atoms with van der Waals surface area (Å²) in [5.41, 5.74) is 3.26. The van der Waals surface area contributed by atoms with Crippen LogP contribution >= 0.6 is 0 Å². The Morgan fingerprint density at radius 3 is 2.76 bits per heavy atom. The van der Waals surface area contributed by atoms with E-state index in [-0.39, 0.29) is 5.78 Å². The molecule has 0 fully saturated rings. The minimum Gasteiger partial charge on any atom is -0.493 e. The number of benzene rings is 2. The van der Waals surface area contributed by atoms with Crippen molar-refractivity contribution in [1.82, 2.24) is 0 Å². The van der Waals surface area contributed by atoms with E-state index in [1.54, 1.807) is 19.1 Å². The van der Waals surface area contributed by atoms with Crippen LogP contribution in [0, 0.1) is 0 Å². The number of hydrogen-bond acceptors (Lipinski definition) is 3. The molecular formula is C18H18O3. The van der Waals surface area contributed by atoms with Crippen LogP contribution in [-0.4, -0.2) is 19.0 Å². The summed E-state index contributed by atoms with van der Waals surface area (Å²) in [6.07, 6.45) is 1.86. The number of ketones is 1. The fourth-order valence-corrected chi connectivity index (χ4v) is 2.47. The Kier molecular flexibility index (Phi) is 3.91. The molecular weight excluding hydrogens is 264 g/mol. The van der Waals surface area contributed by atoms with Crippen LogP contribution in [0.3, 0.4) is 0 Å². The van der Waals surface area contributed by atoms with Crippen molar-refractivity contribution in [2.45, 2.75) is 19.8 Å². The molecule has 0 aliphatic carbocycles. The van der Waals surface area contributed by atoms with E-state index in [0.717, 1.165) is 30.9 Å². The normalized spacial score (nSPS) is 12.6. The predicted octanol–water partition coefficient (Wildman–Crippen LogP) is 3.45. The second kappa shape index (κ2) is 6.00. The fourth-order valence-electron chi connectivity index (χ4n) is 2.47. The first-order chi connectivity index (χ1) is 10.2. The molecule has 21 heavy (non-hydrogen) atoms. The van der Waals surface area contributed by atoms with Crippen molar-refractivity contribution in [3.8, 4) is 11.5 Å². The molecule has 2 aromatic carbocycles. The monoisotopic (exact) mass is 282 g/mol. The Labute approximate surface area is 124 Å². The maximum atomic E-state index is 11.2. The van der Waals surface area contributed by atoms with Crippen LogP contribution in [0.5, 0.6) is 11.5 Å². The van der Waals surface area contributed by atoms with E-state index in [1.807, 2.05) is 18.2 Å². The maximum Gasteiger partial charge on any atom is 0.159 e. The van der Waals surface area contributed by atoms with E-state index in [1.165, 1.54) is 11.1 Å². The van der Waals surface area contributed by atoms with Crippen LogP contribution < -0.4 is 9.47 Å². The largest absolute Gasteiger partial charge is 0.493 e. The number of Topliss-reactive ketones (excluding diaryl/α,β-unsaturated/α-hetero) is 1. The van der Waals surface area contributed by atoms with E-state index < -0.39 is 0 Å². The zero-order chi connectivity index (χ0) is 14.7. The third kappa shape index (κ3) is 3.24. The molecule has 3 nitrogen and oxygen atoms in total. The second-order valence-corrected chi connectivity index (χ2v) is 5.22. The first-order valence-corrected chi connectivity index (χ1v) is 7.21. The molecule has 0 saturated carbocycles. The molecule has 0 amide bonds. The molecule has 0 saturated heterocycles. The van der Waals surface area contributed by atoms with Crippen LogP contribution in [0.2, 0.25) is 0 Å². The summed E-state index contributed by atoms with van der Waals surface area (Å²) in [5, 5.41) is 0. The zero-order valence-corrected chi connectivity index (χ0v) is 12.1. The van der Waals surface area contributed by atoms with Gasteiger partial charge in [-0.3, -0.25) is 4.79 Å². The average molecular weight is 282 g/mol. The third-order valence-corrected chi connectivity index (χ3v) is 3.67. The molecule has 1 aliphatic rings. The Bertz CT molecular complexity index is 644. The lowest BCUT2D eigenvalue weighted by atomic mass is 10.1. The van der Waals surface area contributed by atoms with Gasteiger partial charge < -0.3 is 9.47 Å². The molecule has 0 unspecified atom stereocenters. The molecule has 3 heteroatoms. The highest BCUT2D eigenvalue weighted by Gasteiger charge is 2.11. The van der Waals surface area contributed by atoms with Gasteiger partial charge in [0, 0.05) is 18.4 Å². The average Bonchev–Trinajstić information content (AvgIpc) is 2.95. The Balaban J connectivity index is 1.55. The molecule has 1 heterocycles. The van der Waals surface area contributed by atoms with Gasteiger partial charge in [0.2, 0.25) is 0 Å². The van der Waals surface area contributed by atoms with Crippen LogP contribution in [0.15, 0.2) is 42.5 Å². The summed E-state index contributed by atoms with van der Waals surface area (Å²) < 4.78 is 11.2. The van der Waals surface area contributed by atoms with Crippen molar-refractivity contribution in [3.05, 3.63) is 59.2 Å². The molecule has 3 rings (SSSR count). The van der Waals surface area contributed by atoms with Gasteiger partial charge in [0.15, 0.2) is 5.78 Å². The van der Waals surface area contributed by atoms with Crippen LogP contribution in [0.1, 0.15) is 28.4 Å². The Morgan fingerprint density at radius 2 is 2.00 bits per heavy atom. The number of carbonyl (C=O) groups is 1. The molecule has 0 spiro atoms. The summed E-state index contributed by atoms with van der Waals surface area (Å²) in [7, 11) is 0. The molecule has 0 aromatic heterocycles. The number of ether oxygens (including phenoxy) is 2. The molecule has 0 atom stereocenters. The number of hydrogen-bond donors (Lipinski definition) is 0. The van der Waals surface area contributed by atoms with E-state index in [0.29, 0.717) is 12.2 Å².